The van der Waals surface area contributed by atoms with Crippen LogP contribution in [-0.4, -0.2) is 73.6 Å². The van der Waals surface area contributed by atoms with Crippen LogP contribution in [0, 0.1) is 5.92 Å². The minimum atomic E-state index is -4.98. The molecule has 0 radical (unpaired) electrons. The normalized spacial score (nSPS) is 13.1. The van der Waals surface area contributed by atoms with Crippen molar-refractivity contribution in [2.24, 2.45) is 18.0 Å². The summed E-state index contributed by atoms with van der Waals surface area (Å²) < 4.78 is 33.6. The van der Waals surface area contributed by atoms with E-state index in [1.54, 1.807) is 25.2 Å². The number of carbonyl (C=O) groups excluding carboxylic acids is 3. The van der Waals surface area contributed by atoms with Gasteiger partial charge in [0.1, 0.15) is 5.49 Å². The van der Waals surface area contributed by atoms with E-state index < -0.39 is 26.4 Å². The lowest BCUT2D eigenvalue weighted by molar-refractivity contribution is -0.119. The lowest BCUT2D eigenvalue weighted by Gasteiger charge is -2.18. The first-order valence-corrected chi connectivity index (χ1v) is 15.8. The van der Waals surface area contributed by atoms with Crippen LogP contribution in [0.1, 0.15) is 33.6 Å². The summed E-state index contributed by atoms with van der Waals surface area (Å²) in [5, 5.41) is 17.9. The summed E-state index contributed by atoms with van der Waals surface area (Å²) in [7, 11) is 0.809. The first kappa shape index (κ1) is 33.8. The highest BCUT2D eigenvalue weighted by atomic mass is 31.2. The van der Waals surface area contributed by atoms with Crippen molar-refractivity contribution in [2.75, 3.05) is 26.6 Å². The standard InChI is InChI=1S/C29H31N8O10P/c1-30-28(39)19-14-37(15-46-29(40)17-10-11-22(44-3)23(12-17)47-48(41,42)43)24(32-27(38)16-8-9-16)13-21(19)31-20-7-5-6-18(25(20)45-4)26-33-35-36(2)34-26/h5-7,10-14,16,31H,8-9,15H2,1-4H3,(H,30,39)(H2,41,42,43)/b32-24+. The number of hydrogen-bond acceptors (Lipinski definition) is 12. The maximum Gasteiger partial charge on any atom is 0.524 e. The van der Waals surface area contributed by atoms with Crippen molar-refractivity contribution in [3.05, 3.63) is 65.3 Å². The Morgan fingerprint density at radius 2 is 1.83 bits per heavy atom. The zero-order valence-corrected chi connectivity index (χ0v) is 27.0. The Morgan fingerprint density at radius 3 is 2.46 bits per heavy atom. The molecule has 2 heterocycles. The maximum atomic E-state index is 13.1. The van der Waals surface area contributed by atoms with E-state index in [2.05, 4.69) is 35.6 Å². The zero-order chi connectivity index (χ0) is 34.6. The van der Waals surface area contributed by atoms with Crippen LogP contribution in [-0.2, 0) is 27.9 Å². The summed E-state index contributed by atoms with van der Waals surface area (Å²) in [5.41, 5.74) is 1.25. The summed E-state index contributed by atoms with van der Waals surface area (Å²) in [4.78, 5) is 63.0. The second-order valence-electron chi connectivity index (χ2n) is 10.4. The smallest absolute Gasteiger partial charge is 0.494 e. The van der Waals surface area contributed by atoms with Gasteiger partial charge in [0.2, 0.25) is 5.82 Å². The maximum absolute atomic E-state index is 13.1. The summed E-state index contributed by atoms with van der Waals surface area (Å²) in [6.07, 6.45) is 2.75. The summed E-state index contributed by atoms with van der Waals surface area (Å²) in [6, 6.07) is 10.3. The number of para-hydroxylation sites is 1. The van der Waals surface area contributed by atoms with E-state index >= 15 is 0 Å². The molecule has 2 aromatic heterocycles. The number of hydrogen-bond donors (Lipinski definition) is 4. The lowest BCUT2D eigenvalue weighted by Crippen LogP contribution is -2.29. The number of anilines is 2. The quantitative estimate of drug-likeness (QED) is 0.124. The average molecular weight is 683 g/mol. The molecular formula is C29H31N8O10P. The lowest BCUT2D eigenvalue weighted by atomic mass is 10.1. The Kier molecular flexibility index (Phi) is 9.88. The molecule has 1 aliphatic rings. The van der Waals surface area contributed by atoms with E-state index in [1.807, 2.05) is 0 Å². The monoisotopic (exact) mass is 682 g/mol. The number of aryl methyl sites for hydroxylation is 1. The first-order chi connectivity index (χ1) is 22.9. The number of methoxy groups -OCH3 is 2. The fourth-order valence-electron chi connectivity index (χ4n) is 4.52. The van der Waals surface area contributed by atoms with Crippen LogP contribution in [0.25, 0.3) is 11.4 Å². The Morgan fingerprint density at radius 1 is 1.06 bits per heavy atom. The highest BCUT2D eigenvalue weighted by Crippen LogP contribution is 2.42. The van der Waals surface area contributed by atoms with Crippen LogP contribution in [0.15, 0.2) is 53.7 Å². The predicted octanol–water partition coefficient (Wildman–Crippen LogP) is 1.92. The number of nitrogens with zero attached hydrogens (tertiary/aromatic N) is 6. The predicted molar refractivity (Wildman–Crippen MR) is 166 cm³/mol. The highest BCUT2D eigenvalue weighted by Gasteiger charge is 2.29. The fraction of sp³-hybridized carbons (Fsp3) is 0.276. The van der Waals surface area contributed by atoms with Crippen molar-refractivity contribution in [3.63, 3.8) is 0 Å². The molecule has 0 atom stereocenters. The van der Waals surface area contributed by atoms with Crippen LogP contribution in [0.2, 0.25) is 0 Å². The van der Waals surface area contributed by atoms with Gasteiger partial charge in [0.15, 0.2) is 24.0 Å². The van der Waals surface area contributed by atoms with Gasteiger partial charge >= 0.3 is 13.8 Å². The minimum Gasteiger partial charge on any atom is -0.494 e. The summed E-state index contributed by atoms with van der Waals surface area (Å²) in [5.74, 6) is -1.80. The van der Waals surface area contributed by atoms with E-state index in [0.717, 1.165) is 6.07 Å². The van der Waals surface area contributed by atoms with Gasteiger partial charge in [-0.3, -0.25) is 23.9 Å². The number of benzene rings is 2. The Hall–Kier alpha value is -5.58. The van der Waals surface area contributed by atoms with Crippen molar-refractivity contribution >= 4 is 37.0 Å². The van der Waals surface area contributed by atoms with Gasteiger partial charge in [-0.05, 0) is 48.4 Å². The molecular weight excluding hydrogens is 651 g/mol. The van der Waals surface area contributed by atoms with Gasteiger partial charge in [-0.15, -0.1) is 10.2 Å². The molecule has 4 aromatic rings. The topological polar surface area (TPSA) is 231 Å². The fourth-order valence-corrected chi connectivity index (χ4v) is 4.92. The number of pyridine rings is 1. The molecule has 0 bridgehead atoms. The van der Waals surface area contributed by atoms with Gasteiger partial charge in [0.25, 0.3) is 11.8 Å². The largest absolute Gasteiger partial charge is 0.524 e. The van der Waals surface area contributed by atoms with Gasteiger partial charge in [-0.2, -0.15) is 9.79 Å². The molecule has 2 amide bonds. The second-order valence-corrected chi connectivity index (χ2v) is 11.5. The number of rotatable bonds is 12. The molecule has 19 heteroatoms. The van der Waals surface area contributed by atoms with Crippen LogP contribution in [0.3, 0.4) is 0 Å². The van der Waals surface area contributed by atoms with Crippen LogP contribution in [0.5, 0.6) is 17.2 Å². The van der Waals surface area contributed by atoms with E-state index in [0.29, 0.717) is 35.7 Å². The number of tetrazole rings is 1. The minimum absolute atomic E-state index is 0.0302. The third kappa shape index (κ3) is 7.86. The number of carbonyl (C=O) groups is 3. The van der Waals surface area contributed by atoms with Crippen LogP contribution in [0.4, 0.5) is 11.4 Å². The second kappa shape index (κ2) is 14.0. The molecule has 1 fully saturated rings. The van der Waals surface area contributed by atoms with Crippen molar-refractivity contribution in [3.8, 4) is 28.6 Å². The third-order valence-corrected chi connectivity index (χ3v) is 7.39. The molecule has 0 aliphatic heterocycles. The van der Waals surface area contributed by atoms with E-state index in [1.165, 1.54) is 55.0 Å². The van der Waals surface area contributed by atoms with Crippen molar-refractivity contribution in [1.82, 2.24) is 30.1 Å². The Bertz CT molecular complexity index is 2000. The average Bonchev–Trinajstić information content (AvgIpc) is 3.83. The number of amides is 2. The molecule has 2 aromatic carbocycles. The van der Waals surface area contributed by atoms with Crippen molar-refractivity contribution in [1.29, 1.82) is 0 Å². The first-order valence-electron chi connectivity index (χ1n) is 14.2. The highest BCUT2D eigenvalue weighted by molar-refractivity contribution is 7.46. The van der Waals surface area contributed by atoms with Gasteiger partial charge in [0, 0.05) is 25.2 Å². The number of aromatic nitrogens is 5. The molecule has 5 rings (SSSR count). The Labute approximate surface area is 272 Å². The van der Waals surface area contributed by atoms with E-state index in [-0.39, 0.29) is 45.6 Å². The SMILES string of the molecule is CNC(=O)c1cn(COC(=O)c2ccc(OC)c(OP(=O)(O)O)c2)/c(=N/C(=O)C2CC2)cc1Nc1cccc(-c2nnn(C)n2)c1OC. The number of nitrogens with one attached hydrogen (secondary N) is 2. The summed E-state index contributed by atoms with van der Waals surface area (Å²) >= 11 is 0. The third-order valence-electron chi connectivity index (χ3n) is 6.95. The van der Waals surface area contributed by atoms with Gasteiger partial charge in [-0.25, -0.2) is 9.36 Å². The molecule has 1 aliphatic carbocycles. The molecule has 0 saturated heterocycles. The Balaban J connectivity index is 1.52. The molecule has 252 valence electrons. The summed E-state index contributed by atoms with van der Waals surface area (Å²) in [6.45, 7) is -0.502. The molecule has 1 saturated carbocycles. The molecule has 0 spiro atoms. The van der Waals surface area contributed by atoms with E-state index in [4.69, 9.17) is 14.2 Å². The van der Waals surface area contributed by atoms with Gasteiger partial charge < -0.3 is 29.4 Å². The number of ether oxygens (including phenoxy) is 3. The molecule has 48 heavy (non-hydrogen) atoms. The zero-order valence-electron chi connectivity index (χ0n) is 26.1. The molecule has 0 unspecified atom stereocenters. The molecule has 18 nitrogen and oxygen atoms in total. The van der Waals surface area contributed by atoms with Crippen molar-refractivity contribution in [2.45, 2.75) is 19.6 Å². The number of esters is 1. The van der Waals surface area contributed by atoms with E-state index in [9.17, 15) is 28.7 Å². The van der Waals surface area contributed by atoms with Gasteiger partial charge in [-0.1, -0.05) is 6.07 Å². The van der Waals surface area contributed by atoms with Crippen LogP contribution < -0.4 is 30.1 Å². The van der Waals surface area contributed by atoms with Crippen molar-refractivity contribution < 1.29 is 47.5 Å². The molecule has 4 N–H and O–H groups in total. The number of phosphoric acid groups is 1. The van der Waals surface area contributed by atoms with Gasteiger partial charge in [0.05, 0.1) is 49.3 Å². The number of phosphoric ester groups is 1. The van der Waals surface area contributed by atoms with Crippen LogP contribution >= 0.6 is 7.82 Å².